The average Bonchev–Trinajstić information content (AvgIpc) is 2.76. The fraction of sp³-hybridized carbons (Fsp3) is 0.333. The molecule has 1 heterocycles. The standard InChI is InChI=1S/C15H18ClNS/c1-10-6-4-5-7-13(10)11(2)17-12(3)14-8-9-15(16)18-14/h4-9,11-12,17H,1-3H3/t11-,12?/m1/s1. The van der Waals surface area contributed by atoms with Crippen LogP contribution in [-0.2, 0) is 0 Å². The molecule has 1 unspecified atom stereocenters. The first-order chi connectivity index (χ1) is 8.58. The molecule has 96 valence electrons. The normalized spacial score (nSPS) is 14.4. The van der Waals surface area contributed by atoms with Crippen molar-refractivity contribution in [2.45, 2.75) is 32.9 Å². The monoisotopic (exact) mass is 279 g/mol. The van der Waals surface area contributed by atoms with Gasteiger partial charge in [-0.3, -0.25) is 0 Å². The number of thiophene rings is 1. The third-order valence-corrected chi connectivity index (χ3v) is 4.59. The van der Waals surface area contributed by atoms with Crippen molar-refractivity contribution in [2.75, 3.05) is 0 Å². The van der Waals surface area contributed by atoms with Gasteiger partial charge in [-0.2, -0.15) is 0 Å². The molecule has 1 aromatic carbocycles. The number of hydrogen-bond donors (Lipinski definition) is 1. The minimum absolute atomic E-state index is 0.317. The molecule has 0 radical (unpaired) electrons. The Hall–Kier alpha value is -0.830. The van der Waals surface area contributed by atoms with Gasteiger partial charge < -0.3 is 5.32 Å². The Bertz CT molecular complexity index is 521. The molecular weight excluding hydrogens is 262 g/mol. The van der Waals surface area contributed by atoms with Crippen molar-refractivity contribution >= 4 is 22.9 Å². The van der Waals surface area contributed by atoms with Crippen molar-refractivity contribution < 1.29 is 0 Å². The first-order valence-corrected chi connectivity index (χ1v) is 7.34. The molecule has 0 aliphatic heterocycles. The summed E-state index contributed by atoms with van der Waals surface area (Å²) in [6.07, 6.45) is 0. The van der Waals surface area contributed by atoms with Crippen molar-refractivity contribution in [1.29, 1.82) is 0 Å². The maximum absolute atomic E-state index is 5.97. The van der Waals surface area contributed by atoms with E-state index in [2.05, 4.69) is 56.4 Å². The SMILES string of the molecule is Cc1ccccc1[C@@H](C)NC(C)c1ccc(Cl)s1. The molecule has 0 bridgehead atoms. The molecule has 0 saturated carbocycles. The van der Waals surface area contributed by atoms with Crippen LogP contribution in [0.25, 0.3) is 0 Å². The summed E-state index contributed by atoms with van der Waals surface area (Å²) in [7, 11) is 0. The Kier molecular flexibility index (Phi) is 4.44. The van der Waals surface area contributed by atoms with Crippen LogP contribution in [0.3, 0.4) is 0 Å². The fourth-order valence-electron chi connectivity index (χ4n) is 2.18. The summed E-state index contributed by atoms with van der Waals surface area (Å²) in [6.45, 7) is 6.53. The highest BCUT2D eigenvalue weighted by Crippen LogP contribution is 2.28. The number of benzene rings is 1. The van der Waals surface area contributed by atoms with Crippen molar-refractivity contribution in [3.8, 4) is 0 Å². The van der Waals surface area contributed by atoms with E-state index in [-0.39, 0.29) is 0 Å². The summed E-state index contributed by atoms with van der Waals surface area (Å²) in [5.74, 6) is 0. The lowest BCUT2D eigenvalue weighted by Crippen LogP contribution is -2.22. The lowest BCUT2D eigenvalue weighted by Gasteiger charge is -2.21. The second-order valence-electron chi connectivity index (χ2n) is 4.61. The predicted molar refractivity (Wildman–Crippen MR) is 80.5 cm³/mol. The van der Waals surface area contributed by atoms with Gasteiger partial charge in [-0.1, -0.05) is 35.9 Å². The number of nitrogens with one attached hydrogen (secondary N) is 1. The zero-order chi connectivity index (χ0) is 13.1. The van der Waals surface area contributed by atoms with Crippen LogP contribution >= 0.6 is 22.9 Å². The van der Waals surface area contributed by atoms with Gasteiger partial charge in [0.2, 0.25) is 0 Å². The van der Waals surface area contributed by atoms with Gasteiger partial charge in [-0.05, 0) is 44.0 Å². The number of hydrogen-bond acceptors (Lipinski definition) is 2. The van der Waals surface area contributed by atoms with E-state index < -0.39 is 0 Å². The summed E-state index contributed by atoms with van der Waals surface area (Å²) in [6, 6.07) is 13.2. The van der Waals surface area contributed by atoms with Crippen molar-refractivity contribution in [2.24, 2.45) is 0 Å². The number of halogens is 1. The lowest BCUT2D eigenvalue weighted by atomic mass is 10.0. The van der Waals surface area contributed by atoms with Crippen molar-refractivity contribution in [3.05, 3.63) is 56.7 Å². The summed E-state index contributed by atoms with van der Waals surface area (Å²) in [4.78, 5) is 1.28. The molecule has 0 fully saturated rings. The minimum atomic E-state index is 0.317. The van der Waals surface area contributed by atoms with Gasteiger partial charge in [0.15, 0.2) is 0 Å². The third-order valence-electron chi connectivity index (χ3n) is 3.18. The van der Waals surface area contributed by atoms with Crippen LogP contribution in [0.1, 0.15) is 41.9 Å². The topological polar surface area (TPSA) is 12.0 Å². The molecule has 0 saturated heterocycles. The molecule has 0 amide bonds. The highest BCUT2D eigenvalue weighted by Gasteiger charge is 2.13. The predicted octanol–water partition coefficient (Wildman–Crippen LogP) is 5.12. The molecule has 18 heavy (non-hydrogen) atoms. The number of rotatable bonds is 4. The van der Waals surface area contributed by atoms with Gasteiger partial charge >= 0.3 is 0 Å². The van der Waals surface area contributed by atoms with Gasteiger partial charge in [-0.15, -0.1) is 11.3 Å². The molecule has 0 spiro atoms. The molecule has 3 heteroatoms. The van der Waals surface area contributed by atoms with Gasteiger partial charge in [0, 0.05) is 17.0 Å². The molecule has 0 aliphatic carbocycles. The minimum Gasteiger partial charge on any atom is -0.303 e. The van der Waals surface area contributed by atoms with Crippen molar-refractivity contribution in [1.82, 2.24) is 5.32 Å². The lowest BCUT2D eigenvalue weighted by molar-refractivity contribution is 0.498. The van der Waals surface area contributed by atoms with Gasteiger partial charge in [0.1, 0.15) is 0 Å². The highest BCUT2D eigenvalue weighted by molar-refractivity contribution is 7.16. The van der Waals surface area contributed by atoms with Crippen LogP contribution in [0.15, 0.2) is 36.4 Å². The van der Waals surface area contributed by atoms with Gasteiger partial charge in [0.25, 0.3) is 0 Å². The van der Waals surface area contributed by atoms with E-state index in [0.29, 0.717) is 12.1 Å². The van der Waals surface area contributed by atoms with Crippen LogP contribution in [-0.4, -0.2) is 0 Å². The maximum atomic E-state index is 5.97. The van der Waals surface area contributed by atoms with E-state index in [1.54, 1.807) is 11.3 Å². The Morgan fingerprint density at radius 1 is 1.06 bits per heavy atom. The Morgan fingerprint density at radius 2 is 1.78 bits per heavy atom. The molecule has 0 aliphatic rings. The summed E-state index contributed by atoms with van der Waals surface area (Å²) < 4.78 is 0.849. The Morgan fingerprint density at radius 3 is 2.39 bits per heavy atom. The van der Waals surface area contributed by atoms with Crippen LogP contribution in [0.2, 0.25) is 4.34 Å². The largest absolute Gasteiger partial charge is 0.303 e. The summed E-state index contributed by atoms with van der Waals surface area (Å²) in [5.41, 5.74) is 2.68. The third kappa shape index (κ3) is 3.14. The average molecular weight is 280 g/mol. The zero-order valence-corrected chi connectivity index (χ0v) is 12.5. The van der Waals surface area contributed by atoms with E-state index in [1.807, 2.05) is 6.07 Å². The van der Waals surface area contributed by atoms with E-state index in [4.69, 9.17) is 11.6 Å². The second-order valence-corrected chi connectivity index (χ2v) is 6.36. The smallest absolute Gasteiger partial charge is 0.0931 e. The summed E-state index contributed by atoms with van der Waals surface area (Å²) in [5, 5.41) is 3.62. The number of aryl methyl sites for hydroxylation is 1. The van der Waals surface area contributed by atoms with E-state index in [0.717, 1.165) is 4.34 Å². The van der Waals surface area contributed by atoms with Crippen LogP contribution < -0.4 is 5.32 Å². The first kappa shape index (κ1) is 13.6. The maximum Gasteiger partial charge on any atom is 0.0931 e. The second kappa shape index (κ2) is 5.87. The fourth-order valence-corrected chi connectivity index (χ4v) is 3.25. The van der Waals surface area contributed by atoms with Crippen LogP contribution in [0, 0.1) is 6.92 Å². The van der Waals surface area contributed by atoms with Crippen LogP contribution in [0.4, 0.5) is 0 Å². The van der Waals surface area contributed by atoms with E-state index >= 15 is 0 Å². The molecule has 2 rings (SSSR count). The zero-order valence-electron chi connectivity index (χ0n) is 10.9. The molecule has 1 nitrogen and oxygen atoms in total. The van der Waals surface area contributed by atoms with Crippen molar-refractivity contribution in [3.63, 3.8) is 0 Å². The Balaban J connectivity index is 2.08. The molecule has 2 aromatic rings. The first-order valence-electron chi connectivity index (χ1n) is 6.14. The Labute approximate surface area is 118 Å². The van der Waals surface area contributed by atoms with Gasteiger partial charge in [0.05, 0.1) is 4.34 Å². The molecule has 1 aromatic heterocycles. The summed E-state index contributed by atoms with van der Waals surface area (Å²) >= 11 is 7.61. The molecule has 2 atom stereocenters. The quantitative estimate of drug-likeness (QED) is 0.819. The van der Waals surface area contributed by atoms with Crippen LogP contribution in [0.5, 0.6) is 0 Å². The van der Waals surface area contributed by atoms with E-state index in [9.17, 15) is 0 Å². The van der Waals surface area contributed by atoms with E-state index in [1.165, 1.54) is 16.0 Å². The molecular formula is C15H18ClNS. The van der Waals surface area contributed by atoms with Gasteiger partial charge in [-0.25, -0.2) is 0 Å². The highest BCUT2D eigenvalue weighted by atomic mass is 35.5. The molecule has 1 N–H and O–H groups in total.